The number of aryl methyl sites for hydroxylation is 1. The van der Waals surface area contributed by atoms with Crippen molar-refractivity contribution in [2.45, 2.75) is 51.0 Å². The van der Waals surface area contributed by atoms with Crippen molar-refractivity contribution in [2.75, 3.05) is 0 Å². The summed E-state index contributed by atoms with van der Waals surface area (Å²) in [6.07, 6.45) is 8.51. The fraction of sp³-hybridized carbons (Fsp3) is 0.348. The van der Waals surface area contributed by atoms with Crippen LogP contribution in [0.3, 0.4) is 0 Å². The quantitative estimate of drug-likeness (QED) is 0.444. The van der Waals surface area contributed by atoms with E-state index in [1.807, 2.05) is 42.6 Å². The molecule has 27 heavy (non-hydrogen) atoms. The molecule has 4 nitrogen and oxygen atoms in total. The standard InChI is InChI=1S/C23H26N4/c24-18-22(20-12-7-4-8-13-20)16-6-2-1-3-11-17-27-25-19-23(26-27)21-14-9-5-10-15-21/h4-5,7-10,12-15,19,22H,1-3,6,11,16-17H2. The SMILES string of the molecule is N#CC(CCCCCCCn1ncc(-c2ccccc2)n1)c1ccccc1. The summed E-state index contributed by atoms with van der Waals surface area (Å²) in [5.41, 5.74) is 3.17. The average molecular weight is 358 g/mol. The minimum atomic E-state index is 0.0240. The summed E-state index contributed by atoms with van der Waals surface area (Å²) in [6.45, 7) is 0.859. The fourth-order valence-corrected chi connectivity index (χ4v) is 3.27. The second-order valence-electron chi connectivity index (χ2n) is 6.84. The highest BCUT2D eigenvalue weighted by Gasteiger charge is 2.09. The van der Waals surface area contributed by atoms with Gasteiger partial charge in [0.2, 0.25) is 0 Å². The molecule has 4 heteroatoms. The highest BCUT2D eigenvalue weighted by molar-refractivity contribution is 5.56. The maximum atomic E-state index is 9.36. The minimum Gasteiger partial charge on any atom is -0.198 e. The van der Waals surface area contributed by atoms with Gasteiger partial charge in [-0.25, -0.2) is 0 Å². The molecule has 1 atom stereocenters. The summed E-state index contributed by atoms with van der Waals surface area (Å²) in [5.74, 6) is 0.0240. The lowest BCUT2D eigenvalue weighted by atomic mass is 9.94. The van der Waals surface area contributed by atoms with E-state index in [0.717, 1.165) is 42.6 Å². The van der Waals surface area contributed by atoms with Crippen molar-refractivity contribution in [1.29, 1.82) is 5.26 Å². The van der Waals surface area contributed by atoms with E-state index >= 15 is 0 Å². The lowest BCUT2D eigenvalue weighted by Gasteiger charge is -2.09. The first-order valence-corrected chi connectivity index (χ1v) is 9.77. The number of nitriles is 1. The molecule has 0 saturated heterocycles. The second-order valence-corrected chi connectivity index (χ2v) is 6.84. The lowest BCUT2D eigenvalue weighted by Crippen LogP contribution is -2.02. The number of hydrogen-bond donors (Lipinski definition) is 0. The topological polar surface area (TPSA) is 54.5 Å². The van der Waals surface area contributed by atoms with Crippen molar-refractivity contribution in [3.8, 4) is 17.3 Å². The number of hydrogen-bond acceptors (Lipinski definition) is 3. The number of benzene rings is 2. The number of aromatic nitrogens is 3. The van der Waals surface area contributed by atoms with Crippen molar-refractivity contribution in [1.82, 2.24) is 15.0 Å². The zero-order valence-electron chi connectivity index (χ0n) is 15.7. The molecule has 0 fully saturated rings. The Morgan fingerprint density at radius 1 is 0.852 bits per heavy atom. The summed E-state index contributed by atoms with van der Waals surface area (Å²) in [7, 11) is 0. The highest BCUT2D eigenvalue weighted by Crippen LogP contribution is 2.22. The van der Waals surface area contributed by atoms with Crippen LogP contribution in [0.1, 0.15) is 50.0 Å². The first-order chi connectivity index (χ1) is 13.4. The van der Waals surface area contributed by atoms with Gasteiger partial charge in [-0.15, -0.1) is 0 Å². The summed E-state index contributed by atoms with van der Waals surface area (Å²) in [5, 5.41) is 18.3. The third-order valence-electron chi connectivity index (χ3n) is 4.81. The molecular weight excluding hydrogens is 332 g/mol. The second kappa shape index (κ2) is 10.3. The third-order valence-corrected chi connectivity index (χ3v) is 4.81. The Bertz CT molecular complexity index is 834. The van der Waals surface area contributed by atoms with Crippen LogP contribution in [0.5, 0.6) is 0 Å². The molecule has 0 N–H and O–H groups in total. The molecule has 0 saturated carbocycles. The van der Waals surface area contributed by atoms with Gasteiger partial charge in [0.05, 0.1) is 24.7 Å². The van der Waals surface area contributed by atoms with Gasteiger partial charge >= 0.3 is 0 Å². The van der Waals surface area contributed by atoms with Gasteiger partial charge in [0, 0.05) is 5.56 Å². The van der Waals surface area contributed by atoms with Crippen molar-refractivity contribution in [2.24, 2.45) is 0 Å². The van der Waals surface area contributed by atoms with Crippen LogP contribution in [0.4, 0.5) is 0 Å². The van der Waals surface area contributed by atoms with Crippen LogP contribution in [0.2, 0.25) is 0 Å². The monoisotopic (exact) mass is 358 g/mol. The van der Waals surface area contributed by atoms with Gasteiger partial charge in [0.1, 0.15) is 5.69 Å². The minimum absolute atomic E-state index is 0.0240. The van der Waals surface area contributed by atoms with Crippen LogP contribution in [-0.2, 0) is 6.54 Å². The van der Waals surface area contributed by atoms with Crippen molar-refractivity contribution >= 4 is 0 Å². The number of rotatable bonds is 10. The van der Waals surface area contributed by atoms with E-state index in [-0.39, 0.29) is 5.92 Å². The Balaban J connectivity index is 1.31. The summed E-state index contributed by atoms with van der Waals surface area (Å²) >= 11 is 0. The maximum Gasteiger partial charge on any atom is 0.113 e. The molecule has 0 amide bonds. The normalized spacial score (nSPS) is 11.8. The largest absolute Gasteiger partial charge is 0.198 e. The van der Waals surface area contributed by atoms with E-state index in [4.69, 9.17) is 0 Å². The smallest absolute Gasteiger partial charge is 0.113 e. The molecule has 138 valence electrons. The van der Waals surface area contributed by atoms with Crippen LogP contribution in [0, 0.1) is 11.3 Å². The van der Waals surface area contributed by atoms with Gasteiger partial charge < -0.3 is 0 Å². The Labute approximate surface area is 161 Å². The molecule has 0 aliphatic rings. The zero-order valence-corrected chi connectivity index (χ0v) is 15.7. The zero-order chi connectivity index (χ0) is 18.7. The highest BCUT2D eigenvalue weighted by atomic mass is 15.5. The summed E-state index contributed by atoms with van der Waals surface area (Å²) in [6, 6.07) is 22.7. The van der Waals surface area contributed by atoms with Crippen LogP contribution in [0.25, 0.3) is 11.3 Å². The first kappa shape index (κ1) is 18.8. The molecule has 3 rings (SSSR count). The van der Waals surface area contributed by atoms with Gasteiger partial charge in [-0.3, -0.25) is 0 Å². The summed E-state index contributed by atoms with van der Waals surface area (Å²) < 4.78 is 0. The van der Waals surface area contributed by atoms with E-state index in [0.29, 0.717) is 0 Å². The third kappa shape index (κ3) is 5.79. The molecule has 0 radical (unpaired) electrons. The van der Waals surface area contributed by atoms with Crippen molar-refractivity contribution < 1.29 is 0 Å². The van der Waals surface area contributed by atoms with E-state index in [1.165, 1.54) is 19.3 Å². The van der Waals surface area contributed by atoms with Gasteiger partial charge in [-0.1, -0.05) is 86.3 Å². The Hall–Kier alpha value is -2.93. The van der Waals surface area contributed by atoms with E-state index < -0.39 is 0 Å². The molecule has 1 heterocycles. The molecule has 1 unspecified atom stereocenters. The van der Waals surface area contributed by atoms with Gasteiger partial charge in [-0.2, -0.15) is 20.3 Å². The van der Waals surface area contributed by atoms with Crippen LogP contribution >= 0.6 is 0 Å². The van der Waals surface area contributed by atoms with E-state index in [1.54, 1.807) is 4.80 Å². The lowest BCUT2D eigenvalue weighted by molar-refractivity contribution is 0.481. The molecule has 3 aromatic rings. The van der Waals surface area contributed by atoms with E-state index in [2.05, 4.69) is 40.5 Å². The predicted molar refractivity (Wildman–Crippen MR) is 108 cm³/mol. The van der Waals surface area contributed by atoms with Gasteiger partial charge in [0.25, 0.3) is 0 Å². The van der Waals surface area contributed by atoms with Gasteiger partial charge in [-0.05, 0) is 18.4 Å². The van der Waals surface area contributed by atoms with Crippen LogP contribution in [-0.4, -0.2) is 15.0 Å². The van der Waals surface area contributed by atoms with E-state index in [9.17, 15) is 5.26 Å². The molecule has 2 aromatic carbocycles. The van der Waals surface area contributed by atoms with Crippen molar-refractivity contribution in [3.05, 3.63) is 72.4 Å². The molecule has 0 bridgehead atoms. The average Bonchev–Trinajstić information content (AvgIpc) is 3.20. The number of unbranched alkanes of at least 4 members (excludes halogenated alkanes) is 4. The predicted octanol–water partition coefficient (Wildman–Crippen LogP) is 5.59. The molecule has 0 aliphatic heterocycles. The Kier molecular flexibility index (Phi) is 7.17. The maximum absolute atomic E-state index is 9.36. The van der Waals surface area contributed by atoms with Gasteiger partial charge in [0.15, 0.2) is 0 Å². The first-order valence-electron chi connectivity index (χ1n) is 9.77. The number of nitrogens with zero attached hydrogens (tertiary/aromatic N) is 4. The van der Waals surface area contributed by atoms with Crippen LogP contribution in [0.15, 0.2) is 66.9 Å². The molecular formula is C23H26N4. The fourth-order valence-electron chi connectivity index (χ4n) is 3.27. The van der Waals surface area contributed by atoms with Crippen LogP contribution < -0.4 is 0 Å². The Morgan fingerprint density at radius 3 is 2.26 bits per heavy atom. The Morgan fingerprint density at radius 2 is 1.52 bits per heavy atom. The van der Waals surface area contributed by atoms with Crippen molar-refractivity contribution in [3.63, 3.8) is 0 Å². The molecule has 0 spiro atoms. The molecule has 0 aliphatic carbocycles. The molecule has 1 aromatic heterocycles. The summed E-state index contributed by atoms with van der Waals surface area (Å²) in [4.78, 5) is 1.80.